The molecule has 0 aliphatic rings. The Morgan fingerprint density at radius 1 is 0.778 bits per heavy atom. The van der Waals surface area contributed by atoms with Crippen LogP contribution in [0, 0.1) is 6.07 Å². The van der Waals surface area contributed by atoms with Gasteiger partial charge in [-0.05, 0) is 41.1 Å². The first kappa shape index (κ1) is 20.5. The van der Waals surface area contributed by atoms with Crippen LogP contribution < -0.4 is 0 Å². The first-order valence-corrected chi connectivity index (χ1v) is 8.58. The third kappa shape index (κ3) is 4.89. The Bertz CT molecular complexity index is 1010. The molecule has 0 amide bonds. The van der Waals surface area contributed by atoms with E-state index < -0.39 is 0 Å². The summed E-state index contributed by atoms with van der Waals surface area (Å²) in [6.07, 6.45) is 1.75. The summed E-state index contributed by atoms with van der Waals surface area (Å²) in [7, 11) is 0. The van der Waals surface area contributed by atoms with Gasteiger partial charge < -0.3 is 5.11 Å². The van der Waals surface area contributed by atoms with Crippen molar-refractivity contribution in [1.82, 2.24) is 0 Å². The molecule has 134 valence electrons. The number of fused-ring (bicyclic) bond motifs is 1. The summed E-state index contributed by atoms with van der Waals surface area (Å²) in [4.78, 5) is 0. The Balaban J connectivity index is 0.000000614. The van der Waals surface area contributed by atoms with Crippen molar-refractivity contribution in [3.05, 3.63) is 104 Å². The molecule has 0 radical (unpaired) electrons. The van der Waals surface area contributed by atoms with Crippen LogP contribution in [0.5, 0.6) is 5.75 Å². The van der Waals surface area contributed by atoms with Gasteiger partial charge in [0, 0.05) is 22.7 Å². The number of phenols is 1. The zero-order valence-electron chi connectivity index (χ0n) is 15.2. The summed E-state index contributed by atoms with van der Waals surface area (Å²) in [6, 6.07) is 31.2. The molecule has 0 aliphatic carbocycles. The fraction of sp³-hybridized carbons (Fsp3) is 0.0400. The van der Waals surface area contributed by atoms with E-state index in [1.54, 1.807) is 6.08 Å². The molecule has 1 N–H and O–H groups in total. The minimum Gasteiger partial charge on any atom is -0.507 e. The van der Waals surface area contributed by atoms with E-state index in [2.05, 4.69) is 55.1 Å². The molecule has 0 aromatic heterocycles. The minimum absolute atomic E-state index is 0. The van der Waals surface area contributed by atoms with Crippen molar-refractivity contribution >= 4 is 10.8 Å². The predicted octanol–water partition coefficient (Wildman–Crippen LogP) is 6.87. The number of benzene rings is 4. The van der Waals surface area contributed by atoms with Crippen LogP contribution in [0.25, 0.3) is 33.0 Å². The second kappa shape index (κ2) is 9.78. The van der Waals surface area contributed by atoms with Gasteiger partial charge >= 0.3 is 0 Å². The third-order valence-electron chi connectivity index (χ3n) is 4.11. The van der Waals surface area contributed by atoms with E-state index in [0.717, 1.165) is 21.9 Å². The standard InChI is InChI=1S/C22H15O.C3H6.Cr/c23-22-15-20(14-19-8-4-5-9-21(19)22)18-12-10-17(11-13-18)16-6-2-1-3-7-16;1-3-2;/h2-15,23H;3H,1H2,2H3;/q-1;;. The van der Waals surface area contributed by atoms with Crippen LogP contribution in [-0.4, -0.2) is 5.11 Å². The van der Waals surface area contributed by atoms with Crippen LogP contribution in [0.15, 0.2) is 97.6 Å². The van der Waals surface area contributed by atoms with Crippen molar-refractivity contribution in [1.29, 1.82) is 0 Å². The van der Waals surface area contributed by atoms with E-state index in [9.17, 15) is 5.11 Å². The fourth-order valence-corrected chi connectivity index (χ4v) is 2.89. The Labute approximate surface area is 171 Å². The molecule has 0 spiro atoms. The van der Waals surface area contributed by atoms with Crippen LogP contribution in [0.1, 0.15) is 6.92 Å². The van der Waals surface area contributed by atoms with E-state index in [0.29, 0.717) is 5.75 Å². The maximum atomic E-state index is 10.2. The first-order chi connectivity index (χ1) is 12.7. The van der Waals surface area contributed by atoms with E-state index in [1.807, 2.05) is 49.4 Å². The van der Waals surface area contributed by atoms with Gasteiger partial charge in [0.25, 0.3) is 0 Å². The summed E-state index contributed by atoms with van der Waals surface area (Å²) in [6.45, 7) is 5.25. The fourth-order valence-electron chi connectivity index (χ4n) is 2.89. The molecule has 4 rings (SSSR count). The van der Waals surface area contributed by atoms with Gasteiger partial charge in [-0.1, -0.05) is 54.6 Å². The molecule has 4 aromatic carbocycles. The molecule has 2 heteroatoms. The Kier molecular flexibility index (Phi) is 7.44. The zero-order chi connectivity index (χ0) is 18.4. The van der Waals surface area contributed by atoms with Crippen molar-refractivity contribution in [2.24, 2.45) is 0 Å². The second-order valence-electron chi connectivity index (χ2n) is 5.99. The van der Waals surface area contributed by atoms with E-state index in [-0.39, 0.29) is 17.4 Å². The Hall–Kier alpha value is -2.79. The van der Waals surface area contributed by atoms with Crippen LogP contribution in [0.3, 0.4) is 0 Å². The monoisotopic (exact) mass is 389 g/mol. The SMILES string of the molecule is C=CC.Oc1cc(-c2ccc(-c3cc[c-]cc3)cc2)cc2ccccc12.[Cr]. The predicted molar refractivity (Wildman–Crippen MR) is 111 cm³/mol. The van der Waals surface area contributed by atoms with Crippen LogP contribution in [-0.2, 0) is 17.4 Å². The molecule has 0 saturated heterocycles. The van der Waals surface area contributed by atoms with E-state index in [4.69, 9.17) is 0 Å². The first-order valence-electron chi connectivity index (χ1n) is 8.58. The number of hydrogen-bond acceptors (Lipinski definition) is 1. The van der Waals surface area contributed by atoms with Crippen LogP contribution in [0.4, 0.5) is 0 Å². The van der Waals surface area contributed by atoms with E-state index in [1.165, 1.54) is 11.1 Å². The molecule has 0 atom stereocenters. The molecular weight excluding hydrogens is 368 g/mol. The van der Waals surface area contributed by atoms with Gasteiger partial charge in [-0.25, -0.2) is 0 Å². The maximum Gasteiger partial charge on any atom is 0.124 e. The molecule has 27 heavy (non-hydrogen) atoms. The van der Waals surface area contributed by atoms with Gasteiger partial charge in [0.05, 0.1) is 0 Å². The Morgan fingerprint density at radius 2 is 1.30 bits per heavy atom. The second-order valence-corrected chi connectivity index (χ2v) is 5.99. The average Bonchev–Trinajstić information content (AvgIpc) is 2.69. The molecule has 4 aromatic rings. The molecule has 0 saturated carbocycles. The maximum absolute atomic E-state index is 10.2. The summed E-state index contributed by atoms with van der Waals surface area (Å²) < 4.78 is 0. The topological polar surface area (TPSA) is 20.2 Å². The molecule has 1 nitrogen and oxygen atoms in total. The van der Waals surface area contributed by atoms with Crippen molar-refractivity contribution in [3.63, 3.8) is 0 Å². The van der Waals surface area contributed by atoms with Gasteiger partial charge in [-0.15, -0.1) is 12.1 Å². The normalized spacial score (nSPS) is 9.67. The van der Waals surface area contributed by atoms with Crippen molar-refractivity contribution < 1.29 is 22.5 Å². The van der Waals surface area contributed by atoms with Crippen molar-refractivity contribution in [2.45, 2.75) is 6.92 Å². The van der Waals surface area contributed by atoms with Crippen LogP contribution >= 0.6 is 0 Å². The quantitative estimate of drug-likeness (QED) is 0.293. The van der Waals surface area contributed by atoms with Crippen molar-refractivity contribution in [2.75, 3.05) is 0 Å². The number of phenolic OH excluding ortho intramolecular Hbond substituents is 1. The van der Waals surface area contributed by atoms with E-state index >= 15 is 0 Å². The zero-order valence-corrected chi connectivity index (χ0v) is 16.5. The molecule has 0 aliphatic heterocycles. The molecular formula is C25H21CrO-. The largest absolute Gasteiger partial charge is 0.507 e. The molecule has 0 bridgehead atoms. The summed E-state index contributed by atoms with van der Waals surface area (Å²) >= 11 is 0. The van der Waals surface area contributed by atoms with Gasteiger partial charge in [0.1, 0.15) is 5.75 Å². The summed E-state index contributed by atoms with van der Waals surface area (Å²) in [5, 5.41) is 12.2. The number of hydrogen-bond donors (Lipinski definition) is 1. The van der Waals surface area contributed by atoms with Gasteiger partial charge in [-0.2, -0.15) is 30.3 Å². The summed E-state index contributed by atoms with van der Waals surface area (Å²) in [5.74, 6) is 0.320. The molecule has 0 heterocycles. The molecule has 0 fully saturated rings. The van der Waals surface area contributed by atoms with Crippen LogP contribution in [0.2, 0.25) is 0 Å². The minimum atomic E-state index is 0. The number of allylic oxidation sites excluding steroid dienone is 1. The summed E-state index contributed by atoms with van der Waals surface area (Å²) in [5.41, 5.74) is 4.47. The van der Waals surface area contributed by atoms with Gasteiger partial charge in [-0.3, -0.25) is 0 Å². The smallest absolute Gasteiger partial charge is 0.124 e. The number of rotatable bonds is 2. The average molecular weight is 389 g/mol. The number of aromatic hydroxyl groups is 1. The Morgan fingerprint density at radius 3 is 1.93 bits per heavy atom. The third-order valence-corrected chi connectivity index (χ3v) is 4.11. The van der Waals surface area contributed by atoms with Crippen molar-refractivity contribution in [3.8, 4) is 28.0 Å². The van der Waals surface area contributed by atoms with Gasteiger partial charge in [0.2, 0.25) is 0 Å². The van der Waals surface area contributed by atoms with Gasteiger partial charge in [0.15, 0.2) is 0 Å². The molecule has 0 unspecified atom stereocenters.